The molecule has 0 fully saturated rings. The summed E-state index contributed by atoms with van der Waals surface area (Å²) in [6.45, 7) is 2.64. The van der Waals surface area contributed by atoms with Crippen LogP contribution in [0, 0.1) is 0 Å². The number of carboxylic acid groups (broad SMARTS) is 1. The first-order valence-electron chi connectivity index (χ1n) is 6.00. The van der Waals surface area contributed by atoms with Gasteiger partial charge in [0.25, 0.3) is 0 Å². The van der Waals surface area contributed by atoms with E-state index in [9.17, 15) is 18.0 Å². The second-order valence-electron chi connectivity index (χ2n) is 4.47. The van der Waals surface area contributed by atoms with Gasteiger partial charge in [-0.1, -0.05) is 30.3 Å². The number of amides is 1. The van der Waals surface area contributed by atoms with E-state index in [1.807, 2.05) is 0 Å². The number of carbonyl (C=O) groups excluding carboxylic acids is 1. The van der Waals surface area contributed by atoms with Crippen molar-refractivity contribution in [2.75, 3.05) is 5.75 Å². The van der Waals surface area contributed by atoms with Crippen molar-refractivity contribution in [1.29, 1.82) is 0 Å². The Morgan fingerprint density at radius 2 is 1.80 bits per heavy atom. The third kappa shape index (κ3) is 4.34. The molecule has 7 heteroatoms. The molecule has 2 atom stereocenters. The average Bonchev–Trinajstić information content (AvgIpc) is 2.37. The smallest absolute Gasteiger partial charge is 0.327 e. The topological polar surface area (TPSA) is 101 Å². The molecule has 0 aromatic heterocycles. The van der Waals surface area contributed by atoms with Crippen molar-refractivity contribution in [3.63, 3.8) is 0 Å². The Kier molecular flexibility index (Phi) is 5.26. The maximum atomic E-state index is 12.2. The zero-order chi connectivity index (χ0) is 15.3. The molecule has 0 heterocycles. The molecule has 1 aromatic carbocycles. The van der Waals surface area contributed by atoms with Crippen LogP contribution >= 0.6 is 0 Å². The number of benzene rings is 1. The Labute approximate surface area is 117 Å². The Hall–Kier alpha value is -1.89. The summed E-state index contributed by atoms with van der Waals surface area (Å²) in [5.74, 6) is -2.60. The van der Waals surface area contributed by atoms with Crippen LogP contribution in [0.25, 0.3) is 0 Å². The van der Waals surface area contributed by atoms with Crippen molar-refractivity contribution in [1.82, 2.24) is 5.32 Å². The highest BCUT2D eigenvalue weighted by Gasteiger charge is 2.30. The van der Waals surface area contributed by atoms with E-state index >= 15 is 0 Å². The largest absolute Gasteiger partial charge is 0.480 e. The highest BCUT2D eigenvalue weighted by molar-refractivity contribution is 7.91. The van der Waals surface area contributed by atoms with Gasteiger partial charge in [0.05, 0.1) is 11.0 Å². The van der Waals surface area contributed by atoms with Crippen molar-refractivity contribution >= 4 is 21.7 Å². The Bertz CT molecular complexity index is 582. The standard InChI is InChI=1S/C13H17NO5S/c1-9(11-6-4-3-5-7-11)20(18,19)8-12(13(16)17)14-10(2)15/h3-7,9,12H,8H2,1-2H3,(H,14,15)(H,16,17). The molecule has 110 valence electrons. The summed E-state index contributed by atoms with van der Waals surface area (Å²) < 4.78 is 24.4. The number of sulfone groups is 1. The Balaban J connectivity index is 2.93. The lowest BCUT2D eigenvalue weighted by atomic mass is 10.2. The third-order valence-corrected chi connectivity index (χ3v) is 5.03. The lowest BCUT2D eigenvalue weighted by Crippen LogP contribution is -2.45. The van der Waals surface area contributed by atoms with Crippen molar-refractivity contribution in [2.45, 2.75) is 25.1 Å². The summed E-state index contributed by atoms with van der Waals surface area (Å²) in [5.41, 5.74) is 0.583. The van der Waals surface area contributed by atoms with Crippen LogP contribution in [0.4, 0.5) is 0 Å². The maximum Gasteiger partial charge on any atom is 0.327 e. The fourth-order valence-electron chi connectivity index (χ4n) is 1.73. The van der Waals surface area contributed by atoms with Gasteiger partial charge in [0, 0.05) is 6.92 Å². The molecule has 1 aromatic rings. The fraction of sp³-hybridized carbons (Fsp3) is 0.385. The fourth-order valence-corrected chi connectivity index (χ4v) is 3.28. The first-order valence-corrected chi connectivity index (χ1v) is 7.72. The van der Waals surface area contributed by atoms with Crippen LogP contribution in [0.15, 0.2) is 30.3 Å². The first-order chi connectivity index (χ1) is 9.24. The van der Waals surface area contributed by atoms with Gasteiger partial charge in [-0.2, -0.15) is 0 Å². The molecule has 1 amide bonds. The maximum absolute atomic E-state index is 12.2. The predicted octanol–water partition coefficient (Wildman–Crippen LogP) is 0.752. The van der Waals surface area contributed by atoms with Gasteiger partial charge < -0.3 is 10.4 Å². The Morgan fingerprint density at radius 1 is 1.25 bits per heavy atom. The van der Waals surface area contributed by atoms with Gasteiger partial charge in [0.1, 0.15) is 6.04 Å². The molecule has 6 nitrogen and oxygen atoms in total. The van der Waals surface area contributed by atoms with E-state index < -0.39 is 38.8 Å². The van der Waals surface area contributed by atoms with Gasteiger partial charge in [0.2, 0.25) is 5.91 Å². The molecule has 0 spiro atoms. The number of carbonyl (C=O) groups is 2. The number of hydrogen-bond acceptors (Lipinski definition) is 4. The minimum atomic E-state index is -3.70. The SMILES string of the molecule is CC(=O)NC(CS(=O)(=O)C(C)c1ccccc1)C(=O)O. The van der Waals surface area contributed by atoms with Crippen LogP contribution in [-0.4, -0.2) is 37.2 Å². The van der Waals surface area contributed by atoms with Gasteiger partial charge in [-0.25, -0.2) is 13.2 Å². The molecule has 1 rings (SSSR count). The van der Waals surface area contributed by atoms with Crippen molar-refractivity contribution in [2.24, 2.45) is 0 Å². The Morgan fingerprint density at radius 3 is 2.25 bits per heavy atom. The van der Waals surface area contributed by atoms with Gasteiger partial charge in [-0.15, -0.1) is 0 Å². The molecule has 20 heavy (non-hydrogen) atoms. The summed E-state index contributed by atoms with van der Waals surface area (Å²) >= 11 is 0. The van der Waals surface area contributed by atoms with Crippen LogP contribution < -0.4 is 5.32 Å². The molecule has 2 N–H and O–H groups in total. The number of carboxylic acids is 1. The van der Waals surface area contributed by atoms with E-state index in [2.05, 4.69) is 5.32 Å². The average molecular weight is 299 g/mol. The molecule has 0 aliphatic rings. The minimum absolute atomic E-state index is 0.583. The lowest BCUT2D eigenvalue weighted by Gasteiger charge is -2.17. The highest BCUT2D eigenvalue weighted by atomic mass is 32.2. The van der Waals surface area contributed by atoms with E-state index in [-0.39, 0.29) is 0 Å². The lowest BCUT2D eigenvalue weighted by molar-refractivity contribution is -0.140. The zero-order valence-electron chi connectivity index (χ0n) is 11.2. The zero-order valence-corrected chi connectivity index (χ0v) is 12.1. The summed E-state index contributed by atoms with van der Waals surface area (Å²) in [6.07, 6.45) is 0. The molecular formula is C13H17NO5S. The predicted molar refractivity (Wildman–Crippen MR) is 73.9 cm³/mol. The molecule has 0 aliphatic heterocycles. The van der Waals surface area contributed by atoms with E-state index in [1.165, 1.54) is 6.92 Å². The molecule has 0 saturated carbocycles. The van der Waals surface area contributed by atoms with Crippen molar-refractivity contribution in [3.8, 4) is 0 Å². The van der Waals surface area contributed by atoms with Gasteiger partial charge in [-0.3, -0.25) is 4.79 Å². The van der Waals surface area contributed by atoms with Crippen LogP contribution in [-0.2, 0) is 19.4 Å². The van der Waals surface area contributed by atoms with E-state index in [1.54, 1.807) is 30.3 Å². The molecule has 0 radical (unpaired) electrons. The van der Waals surface area contributed by atoms with Gasteiger partial charge in [-0.05, 0) is 12.5 Å². The summed E-state index contributed by atoms with van der Waals surface area (Å²) in [6, 6.07) is 7.07. The number of aliphatic carboxylic acids is 1. The van der Waals surface area contributed by atoms with Gasteiger partial charge in [0.15, 0.2) is 9.84 Å². The third-order valence-electron chi connectivity index (χ3n) is 2.88. The molecule has 0 aliphatic carbocycles. The minimum Gasteiger partial charge on any atom is -0.480 e. The highest BCUT2D eigenvalue weighted by Crippen LogP contribution is 2.22. The molecule has 0 bridgehead atoms. The normalized spacial score (nSPS) is 14.3. The summed E-state index contributed by atoms with van der Waals surface area (Å²) in [7, 11) is -3.70. The quantitative estimate of drug-likeness (QED) is 0.807. The second kappa shape index (κ2) is 6.51. The van der Waals surface area contributed by atoms with Crippen LogP contribution in [0.1, 0.15) is 24.7 Å². The number of rotatable bonds is 6. The molecule has 0 saturated heterocycles. The van der Waals surface area contributed by atoms with E-state index in [4.69, 9.17) is 5.11 Å². The summed E-state index contributed by atoms with van der Waals surface area (Å²) in [5, 5.41) is 10.2. The van der Waals surface area contributed by atoms with Gasteiger partial charge >= 0.3 is 5.97 Å². The van der Waals surface area contributed by atoms with Crippen molar-refractivity contribution in [3.05, 3.63) is 35.9 Å². The van der Waals surface area contributed by atoms with Crippen LogP contribution in [0.2, 0.25) is 0 Å². The number of nitrogens with one attached hydrogen (secondary N) is 1. The second-order valence-corrected chi connectivity index (χ2v) is 6.84. The van der Waals surface area contributed by atoms with Crippen LogP contribution in [0.3, 0.4) is 0 Å². The van der Waals surface area contributed by atoms with Crippen LogP contribution in [0.5, 0.6) is 0 Å². The number of hydrogen-bond donors (Lipinski definition) is 2. The summed E-state index contributed by atoms with van der Waals surface area (Å²) in [4.78, 5) is 21.9. The first kappa shape index (κ1) is 16.2. The van der Waals surface area contributed by atoms with E-state index in [0.717, 1.165) is 6.92 Å². The monoisotopic (exact) mass is 299 g/mol. The van der Waals surface area contributed by atoms with E-state index in [0.29, 0.717) is 5.56 Å². The molecule has 2 unspecified atom stereocenters. The molecular weight excluding hydrogens is 282 g/mol. The van der Waals surface area contributed by atoms with Crippen molar-refractivity contribution < 1.29 is 23.1 Å².